The molecule has 0 saturated carbocycles. The molecule has 0 aromatic carbocycles. The molecule has 1 fully saturated rings. The van der Waals surface area contributed by atoms with Crippen molar-refractivity contribution in [1.82, 2.24) is 0 Å². The van der Waals surface area contributed by atoms with Crippen LogP contribution in [0, 0.1) is 11.8 Å². The van der Waals surface area contributed by atoms with Crippen molar-refractivity contribution >= 4 is 0 Å². The molecule has 5 unspecified atom stereocenters. The molecule has 0 aromatic rings. The van der Waals surface area contributed by atoms with Gasteiger partial charge in [-0.05, 0) is 12.8 Å². The molecule has 5 atom stereocenters. The number of hydrogen-bond donors (Lipinski definition) is 1. The molecule has 0 amide bonds. The van der Waals surface area contributed by atoms with E-state index in [9.17, 15) is 5.11 Å². The fraction of sp³-hybridized carbons (Fsp3) is 1.00. The molecular formula is C12H24O3. The van der Waals surface area contributed by atoms with Gasteiger partial charge in [0.15, 0.2) is 6.29 Å². The molecule has 0 aromatic heterocycles. The highest BCUT2D eigenvalue weighted by molar-refractivity contribution is 4.84. The van der Waals surface area contributed by atoms with Crippen molar-refractivity contribution in [2.45, 2.75) is 59.0 Å². The van der Waals surface area contributed by atoms with E-state index in [-0.39, 0.29) is 30.3 Å². The number of hydrogen-bond acceptors (Lipinski definition) is 3. The molecular weight excluding hydrogens is 192 g/mol. The Kier molecular flexibility index (Phi) is 5.03. The molecule has 15 heavy (non-hydrogen) atoms. The van der Waals surface area contributed by atoms with E-state index >= 15 is 0 Å². The van der Waals surface area contributed by atoms with Gasteiger partial charge in [-0.15, -0.1) is 0 Å². The van der Waals surface area contributed by atoms with Crippen molar-refractivity contribution in [3.05, 3.63) is 0 Å². The van der Waals surface area contributed by atoms with Crippen LogP contribution in [0.5, 0.6) is 0 Å². The van der Waals surface area contributed by atoms with E-state index in [1.807, 2.05) is 13.8 Å². The lowest BCUT2D eigenvalue weighted by Gasteiger charge is -2.42. The molecule has 3 nitrogen and oxygen atoms in total. The summed E-state index contributed by atoms with van der Waals surface area (Å²) in [4.78, 5) is 0. The van der Waals surface area contributed by atoms with Crippen molar-refractivity contribution in [3.8, 4) is 0 Å². The smallest absolute Gasteiger partial charge is 0.162 e. The molecule has 0 bridgehead atoms. The molecule has 0 spiro atoms. The number of ether oxygens (including phenoxy) is 2. The maximum atomic E-state index is 10.1. The van der Waals surface area contributed by atoms with E-state index < -0.39 is 0 Å². The van der Waals surface area contributed by atoms with E-state index in [0.717, 1.165) is 12.8 Å². The first-order valence-corrected chi connectivity index (χ1v) is 6.06. The zero-order chi connectivity index (χ0) is 11.4. The quantitative estimate of drug-likeness (QED) is 0.783. The van der Waals surface area contributed by atoms with Crippen LogP contribution in [0.2, 0.25) is 0 Å². The fourth-order valence-electron chi connectivity index (χ4n) is 2.17. The third-order valence-corrected chi connectivity index (χ3v) is 3.29. The summed E-state index contributed by atoms with van der Waals surface area (Å²) in [5.74, 6) is 0.265. The van der Waals surface area contributed by atoms with Gasteiger partial charge in [-0.2, -0.15) is 0 Å². The maximum Gasteiger partial charge on any atom is 0.162 e. The fourth-order valence-corrected chi connectivity index (χ4v) is 2.17. The third kappa shape index (κ3) is 2.92. The average Bonchev–Trinajstić information content (AvgIpc) is 2.25. The normalized spacial score (nSPS) is 41.8. The minimum absolute atomic E-state index is 0.0642. The van der Waals surface area contributed by atoms with Crippen LogP contribution >= 0.6 is 0 Å². The van der Waals surface area contributed by atoms with Gasteiger partial charge < -0.3 is 14.6 Å². The molecule has 3 heteroatoms. The second kappa shape index (κ2) is 5.83. The zero-order valence-corrected chi connectivity index (χ0v) is 10.3. The van der Waals surface area contributed by atoms with Gasteiger partial charge in [0, 0.05) is 18.4 Å². The Balaban J connectivity index is 2.57. The van der Waals surface area contributed by atoms with Gasteiger partial charge in [0.2, 0.25) is 0 Å². The van der Waals surface area contributed by atoms with Gasteiger partial charge in [0.05, 0.1) is 12.2 Å². The van der Waals surface area contributed by atoms with E-state index in [2.05, 4.69) is 13.8 Å². The minimum Gasteiger partial charge on any atom is -0.392 e. The van der Waals surface area contributed by atoms with Crippen molar-refractivity contribution in [2.24, 2.45) is 11.8 Å². The van der Waals surface area contributed by atoms with Gasteiger partial charge in [-0.25, -0.2) is 0 Å². The van der Waals surface area contributed by atoms with Crippen molar-refractivity contribution < 1.29 is 14.6 Å². The predicted molar refractivity (Wildman–Crippen MR) is 59.5 cm³/mol. The number of aliphatic hydroxyl groups excluding tert-OH is 1. The largest absolute Gasteiger partial charge is 0.392 e. The number of rotatable bonds is 4. The second-order valence-corrected chi connectivity index (χ2v) is 4.53. The Morgan fingerprint density at radius 2 is 1.87 bits per heavy atom. The summed E-state index contributed by atoms with van der Waals surface area (Å²) in [7, 11) is 0. The highest BCUT2D eigenvalue weighted by atomic mass is 16.7. The van der Waals surface area contributed by atoms with E-state index in [1.165, 1.54) is 0 Å². The predicted octanol–water partition coefficient (Wildman–Crippen LogP) is 2.18. The molecule has 1 heterocycles. The highest BCUT2D eigenvalue weighted by Crippen LogP contribution is 2.32. The van der Waals surface area contributed by atoms with E-state index in [0.29, 0.717) is 6.61 Å². The van der Waals surface area contributed by atoms with Crippen LogP contribution < -0.4 is 0 Å². The number of aliphatic hydroxyl groups is 1. The van der Waals surface area contributed by atoms with E-state index in [4.69, 9.17) is 9.47 Å². The average molecular weight is 216 g/mol. The van der Waals surface area contributed by atoms with Crippen LogP contribution in [-0.2, 0) is 9.47 Å². The topological polar surface area (TPSA) is 38.7 Å². The summed E-state index contributed by atoms with van der Waals surface area (Å²) >= 11 is 0. The van der Waals surface area contributed by atoms with Crippen LogP contribution in [0.25, 0.3) is 0 Å². The van der Waals surface area contributed by atoms with Gasteiger partial charge in [-0.1, -0.05) is 27.7 Å². The van der Waals surface area contributed by atoms with Gasteiger partial charge in [0.25, 0.3) is 0 Å². The molecule has 1 N–H and O–H groups in total. The lowest BCUT2D eigenvalue weighted by atomic mass is 9.85. The van der Waals surface area contributed by atoms with Crippen molar-refractivity contribution in [1.29, 1.82) is 0 Å². The van der Waals surface area contributed by atoms with Gasteiger partial charge >= 0.3 is 0 Å². The first-order chi connectivity index (χ1) is 7.11. The summed E-state index contributed by atoms with van der Waals surface area (Å²) in [6, 6.07) is 0. The summed E-state index contributed by atoms with van der Waals surface area (Å²) in [6.45, 7) is 8.90. The summed E-state index contributed by atoms with van der Waals surface area (Å²) in [5.41, 5.74) is 0. The standard InChI is InChI=1S/C12H24O3/c1-5-7-14-12-9(4)11(13)8(3)10(6-2)15-12/h8-13H,5-7H2,1-4H3. The summed E-state index contributed by atoms with van der Waals surface area (Å²) in [5, 5.41) is 10.1. The van der Waals surface area contributed by atoms with Crippen molar-refractivity contribution in [2.75, 3.05) is 6.61 Å². The monoisotopic (exact) mass is 216 g/mol. The Bertz CT molecular complexity index is 182. The van der Waals surface area contributed by atoms with Crippen molar-refractivity contribution in [3.63, 3.8) is 0 Å². The molecule has 90 valence electrons. The lowest BCUT2D eigenvalue weighted by Crippen LogP contribution is -2.49. The third-order valence-electron chi connectivity index (χ3n) is 3.29. The maximum absolute atomic E-state index is 10.1. The zero-order valence-electron chi connectivity index (χ0n) is 10.3. The molecule has 0 aliphatic carbocycles. The SMILES string of the molecule is CCCOC1OC(CC)C(C)C(O)C1C. The summed E-state index contributed by atoms with van der Waals surface area (Å²) < 4.78 is 11.5. The molecule has 0 radical (unpaired) electrons. The highest BCUT2D eigenvalue weighted by Gasteiger charge is 2.40. The Labute approximate surface area is 92.8 Å². The molecule has 1 aliphatic heterocycles. The Morgan fingerprint density at radius 3 is 2.40 bits per heavy atom. The first-order valence-electron chi connectivity index (χ1n) is 6.06. The minimum atomic E-state index is -0.314. The van der Waals surface area contributed by atoms with Crippen LogP contribution in [-0.4, -0.2) is 30.2 Å². The van der Waals surface area contributed by atoms with Crippen LogP contribution in [0.3, 0.4) is 0 Å². The molecule has 1 saturated heterocycles. The molecule has 1 aliphatic rings. The van der Waals surface area contributed by atoms with Gasteiger partial charge in [-0.3, -0.25) is 0 Å². The Morgan fingerprint density at radius 1 is 1.20 bits per heavy atom. The Hall–Kier alpha value is -0.120. The lowest BCUT2D eigenvalue weighted by molar-refractivity contribution is -0.261. The van der Waals surface area contributed by atoms with Gasteiger partial charge in [0.1, 0.15) is 0 Å². The molecule has 1 rings (SSSR count). The van der Waals surface area contributed by atoms with E-state index in [1.54, 1.807) is 0 Å². The van der Waals surface area contributed by atoms with Crippen LogP contribution in [0.1, 0.15) is 40.5 Å². The first kappa shape index (κ1) is 12.9. The second-order valence-electron chi connectivity index (χ2n) is 4.53. The van der Waals surface area contributed by atoms with Crippen LogP contribution in [0.15, 0.2) is 0 Å². The summed E-state index contributed by atoms with van der Waals surface area (Å²) in [6.07, 6.45) is 1.48. The van der Waals surface area contributed by atoms with Crippen LogP contribution in [0.4, 0.5) is 0 Å².